The summed E-state index contributed by atoms with van der Waals surface area (Å²) in [6.07, 6.45) is -4.25. The van der Waals surface area contributed by atoms with Crippen LogP contribution in [0.4, 0.5) is 24.5 Å². The molecule has 1 aliphatic heterocycles. The Kier molecular flexibility index (Phi) is 5.01. The number of rotatable bonds is 3. The van der Waals surface area contributed by atoms with Gasteiger partial charge in [0, 0.05) is 5.69 Å². The molecule has 0 aliphatic carbocycles. The van der Waals surface area contributed by atoms with Crippen molar-refractivity contribution in [1.29, 1.82) is 10.7 Å². The van der Waals surface area contributed by atoms with E-state index in [2.05, 4.69) is 0 Å². The maximum Gasteiger partial charge on any atom is 0.417 e. The number of benzene rings is 2. The lowest BCUT2D eigenvalue weighted by molar-refractivity contribution is -0.137. The SMILES string of the molecule is CCC1(C)C(=N)N(c2ccc(C#N)c(C(F)(F)F)c2)C(=S)N1c1ccc(O)cc1. The molecule has 0 spiro atoms. The number of nitriles is 1. The smallest absolute Gasteiger partial charge is 0.417 e. The number of hydrogen-bond acceptors (Lipinski definition) is 4. The molecule has 1 unspecified atom stereocenters. The highest BCUT2D eigenvalue weighted by Gasteiger charge is 2.49. The number of phenols is 1. The lowest BCUT2D eigenvalue weighted by atomic mass is 9.95. The molecule has 2 aromatic carbocycles. The lowest BCUT2D eigenvalue weighted by Gasteiger charge is -2.33. The number of aromatic hydroxyl groups is 1. The maximum absolute atomic E-state index is 13.4. The zero-order valence-electron chi connectivity index (χ0n) is 15.6. The average molecular weight is 418 g/mol. The minimum Gasteiger partial charge on any atom is -0.508 e. The van der Waals surface area contributed by atoms with Crippen LogP contribution < -0.4 is 9.80 Å². The van der Waals surface area contributed by atoms with Crippen molar-refractivity contribution in [2.45, 2.75) is 32.0 Å². The van der Waals surface area contributed by atoms with Gasteiger partial charge >= 0.3 is 6.18 Å². The quantitative estimate of drug-likeness (QED) is 0.683. The first-order chi connectivity index (χ1) is 13.5. The summed E-state index contributed by atoms with van der Waals surface area (Å²) < 4.78 is 40.2. The fraction of sp³-hybridized carbons (Fsp3) is 0.250. The van der Waals surface area contributed by atoms with Gasteiger partial charge in [-0.15, -0.1) is 0 Å². The van der Waals surface area contributed by atoms with E-state index in [-0.39, 0.29) is 22.4 Å². The minimum atomic E-state index is -4.71. The Morgan fingerprint density at radius 1 is 1.17 bits per heavy atom. The molecule has 1 fully saturated rings. The van der Waals surface area contributed by atoms with E-state index in [4.69, 9.17) is 22.9 Å². The molecule has 1 saturated heterocycles. The van der Waals surface area contributed by atoms with Crippen LogP contribution in [0.25, 0.3) is 0 Å². The number of anilines is 2. The van der Waals surface area contributed by atoms with Gasteiger partial charge in [-0.1, -0.05) is 6.92 Å². The van der Waals surface area contributed by atoms with E-state index in [0.29, 0.717) is 12.1 Å². The van der Waals surface area contributed by atoms with Gasteiger partial charge in [0.2, 0.25) is 0 Å². The first kappa shape index (κ1) is 20.6. The summed E-state index contributed by atoms with van der Waals surface area (Å²) in [5.41, 5.74) is -1.80. The van der Waals surface area contributed by atoms with Crippen molar-refractivity contribution in [3.05, 3.63) is 53.6 Å². The number of nitrogens with one attached hydrogen (secondary N) is 1. The van der Waals surface area contributed by atoms with Gasteiger partial charge in [0.25, 0.3) is 0 Å². The number of halogens is 3. The van der Waals surface area contributed by atoms with E-state index < -0.39 is 22.8 Å². The molecule has 1 atom stereocenters. The van der Waals surface area contributed by atoms with Crippen LogP contribution in [0.3, 0.4) is 0 Å². The average Bonchev–Trinajstić information content (AvgIpc) is 2.88. The molecule has 0 radical (unpaired) electrons. The summed E-state index contributed by atoms with van der Waals surface area (Å²) in [5, 5.41) is 27.4. The molecule has 29 heavy (non-hydrogen) atoms. The predicted octanol–water partition coefficient (Wildman–Crippen LogP) is 5.04. The summed E-state index contributed by atoms with van der Waals surface area (Å²) >= 11 is 5.55. The number of alkyl halides is 3. The molecular formula is C20H17F3N4OS. The Bertz CT molecular complexity index is 1030. The minimum absolute atomic E-state index is 0.0240. The van der Waals surface area contributed by atoms with Crippen molar-refractivity contribution in [2.24, 2.45) is 0 Å². The van der Waals surface area contributed by atoms with E-state index in [1.165, 1.54) is 23.1 Å². The van der Waals surface area contributed by atoms with E-state index in [9.17, 15) is 18.3 Å². The molecule has 150 valence electrons. The van der Waals surface area contributed by atoms with Crippen molar-refractivity contribution < 1.29 is 18.3 Å². The summed E-state index contributed by atoms with van der Waals surface area (Å²) in [7, 11) is 0. The topological polar surface area (TPSA) is 74.4 Å². The fourth-order valence-corrected chi connectivity index (χ4v) is 3.82. The molecule has 3 rings (SSSR count). The van der Waals surface area contributed by atoms with Crippen LogP contribution in [0.5, 0.6) is 5.75 Å². The van der Waals surface area contributed by atoms with Crippen LogP contribution in [-0.2, 0) is 6.18 Å². The van der Waals surface area contributed by atoms with Gasteiger partial charge in [-0.2, -0.15) is 18.4 Å². The van der Waals surface area contributed by atoms with E-state index >= 15 is 0 Å². The molecular weight excluding hydrogens is 401 g/mol. The predicted molar refractivity (Wildman–Crippen MR) is 108 cm³/mol. The van der Waals surface area contributed by atoms with Crippen molar-refractivity contribution in [3.8, 4) is 11.8 Å². The van der Waals surface area contributed by atoms with Gasteiger partial charge in [0.1, 0.15) is 17.1 Å². The highest BCUT2D eigenvalue weighted by atomic mass is 32.1. The summed E-state index contributed by atoms with van der Waals surface area (Å²) in [6, 6.07) is 11.0. The molecule has 2 aromatic rings. The molecule has 5 nitrogen and oxygen atoms in total. The van der Waals surface area contributed by atoms with Crippen molar-refractivity contribution in [2.75, 3.05) is 9.80 Å². The zero-order valence-corrected chi connectivity index (χ0v) is 16.4. The number of phenolic OH excluding ortho intramolecular Hbond substituents is 1. The Balaban J connectivity index is 2.14. The van der Waals surface area contributed by atoms with E-state index in [0.717, 1.165) is 12.1 Å². The molecule has 0 amide bonds. The Hall–Kier alpha value is -3.12. The second-order valence-corrected chi connectivity index (χ2v) is 7.15. The normalized spacial score (nSPS) is 19.6. The molecule has 9 heteroatoms. The number of thiocarbonyl (C=S) groups is 1. The Labute approximate surface area is 171 Å². The third-order valence-electron chi connectivity index (χ3n) is 5.09. The number of hydrogen-bond donors (Lipinski definition) is 2. The molecule has 2 N–H and O–H groups in total. The lowest BCUT2D eigenvalue weighted by Crippen LogP contribution is -2.46. The zero-order chi connectivity index (χ0) is 21.6. The molecule has 1 aliphatic rings. The third kappa shape index (κ3) is 3.29. The van der Waals surface area contributed by atoms with Gasteiger partial charge in [-0.05, 0) is 68.0 Å². The van der Waals surface area contributed by atoms with Crippen LogP contribution in [0.2, 0.25) is 0 Å². The molecule has 0 bridgehead atoms. The first-order valence-electron chi connectivity index (χ1n) is 8.68. The first-order valence-corrected chi connectivity index (χ1v) is 9.09. The van der Waals surface area contributed by atoms with Gasteiger partial charge in [-0.3, -0.25) is 10.3 Å². The van der Waals surface area contributed by atoms with Crippen molar-refractivity contribution in [1.82, 2.24) is 0 Å². The van der Waals surface area contributed by atoms with Gasteiger partial charge in [-0.25, -0.2) is 0 Å². The number of amidine groups is 1. The largest absolute Gasteiger partial charge is 0.508 e. The van der Waals surface area contributed by atoms with Crippen LogP contribution in [0.1, 0.15) is 31.4 Å². The van der Waals surface area contributed by atoms with Crippen LogP contribution in [0.15, 0.2) is 42.5 Å². The van der Waals surface area contributed by atoms with Crippen LogP contribution in [0, 0.1) is 16.7 Å². The molecule has 0 aromatic heterocycles. The van der Waals surface area contributed by atoms with Crippen LogP contribution >= 0.6 is 12.2 Å². The van der Waals surface area contributed by atoms with E-state index in [1.54, 1.807) is 30.0 Å². The second kappa shape index (κ2) is 7.04. The fourth-order valence-electron chi connectivity index (χ4n) is 3.32. The Morgan fingerprint density at radius 3 is 2.28 bits per heavy atom. The summed E-state index contributed by atoms with van der Waals surface area (Å²) in [5.74, 6) is 0.0850. The summed E-state index contributed by atoms with van der Waals surface area (Å²) in [4.78, 5) is 2.97. The standard InChI is InChI=1S/C20H17F3N4OS/c1-3-19(2)17(25)26(18(29)27(19)13-6-8-15(28)9-7-13)14-5-4-12(11-24)16(10-14)20(21,22)23/h4-10,25,28H,3H2,1-2H3. The van der Waals surface area contributed by atoms with Gasteiger partial charge in [0.15, 0.2) is 5.11 Å². The van der Waals surface area contributed by atoms with Gasteiger partial charge in [0.05, 0.1) is 22.9 Å². The summed E-state index contributed by atoms with van der Waals surface area (Å²) in [6.45, 7) is 3.64. The molecule has 0 saturated carbocycles. The monoisotopic (exact) mass is 418 g/mol. The Morgan fingerprint density at radius 2 is 1.76 bits per heavy atom. The number of nitrogens with zero attached hydrogens (tertiary/aromatic N) is 3. The van der Waals surface area contributed by atoms with Gasteiger partial charge < -0.3 is 10.0 Å². The highest BCUT2D eigenvalue weighted by molar-refractivity contribution is 7.81. The highest BCUT2D eigenvalue weighted by Crippen LogP contribution is 2.41. The maximum atomic E-state index is 13.4. The second-order valence-electron chi connectivity index (χ2n) is 6.79. The van der Waals surface area contributed by atoms with Crippen molar-refractivity contribution >= 4 is 34.5 Å². The molecule has 1 heterocycles. The van der Waals surface area contributed by atoms with Crippen LogP contribution in [-0.4, -0.2) is 21.6 Å². The third-order valence-corrected chi connectivity index (χ3v) is 5.46. The van der Waals surface area contributed by atoms with E-state index in [1.807, 2.05) is 6.92 Å². The van der Waals surface area contributed by atoms with Crippen molar-refractivity contribution in [3.63, 3.8) is 0 Å².